The summed E-state index contributed by atoms with van der Waals surface area (Å²) in [5.41, 5.74) is 8.62. The summed E-state index contributed by atoms with van der Waals surface area (Å²) < 4.78 is 6.93. The van der Waals surface area contributed by atoms with Crippen LogP contribution >= 0.6 is 0 Å². The molecule has 0 saturated carbocycles. The van der Waals surface area contributed by atoms with E-state index in [9.17, 15) is 0 Å². The molecule has 0 bridgehead atoms. The lowest BCUT2D eigenvalue weighted by Crippen LogP contribution is -2.13. The minimum absolute atomic E-state index is 0.266. The van der Waals surface area contributed by atoms with Crippen LogP contribution in [0.2, 0.25) is 0 Å². The van der Waals surface area contributed by atoms with Crippen LogP contribution < -0.4 is 0 Å². The SMILES string of the molecule is C1=C(c2ccc3ccccc3c2)CC(c2nc(-c3ccc4ccccc4c3)nc(-c3ccc4cc(-c5ccccc5)ccc4c3)n2)c2oc3ccc4ccccc4c3c21. The summed E-state index contributed by atoms with van der Waals surface area (Å²) in [7, 11) is 0. The molecule has 0 aliphatic heterocycles. The Balaban J connectivity index is 1.06. The van der Waals surface area contributed by atoms with E-state index in [1.54, 1.807) is 0 Å². The molecule has 1 aliphatic rings. The Morgan fingerprint density at radius 2 is 0.915 bits per heavy atom. The van der Waals surface area contributed by atoms with Crippen LogP contribution in [0.5, 0.6) is 0 Å². The third-order valence-corrected chi connectivity index (χ3v) is 12.0. The summed E-state index contributed by atoms with van der Waals surface area (Å²) in [4.78, 5) is 16.0. The highest BCUT2D eigenvalue weighted by atomic mass is 16.3. The minimum Gasteiger partial charge on any atom is -0.460 e. The lowest BCUT2D eigenvalue weighted by Gasteiger charge is -2.23. The van der Waals surface area contributed by atoms with E-state index in [1.807, 2.05) is 0 Å². The van der Waals surface area contributed by atoms with Gasteiger partial charge in [0, 0.05) is 22.1 Å². The molecule has 0 saturated heterocycles. The van der Waals surface area contributed by atoms with Crippen LogP contribution in [0, 0.1) is 0 Å². The molecule has 9 aromatic carbocycles. The van der Waals surface area contributed by atoms with Gasteiger partial charge in [-0.1, -0.05) is 158 Å². The molecule has 1 unspecified atom stereocenters. The average Bonchev–Trinajstić information content (AvgIpc) is 3.70. The van der Waals surface area contributed by atoms with E-state index < -0.39 is 0 Å². The molecule has 59 heavy (non-hydrogen) atoms. The van der Waals surface area contributed by atoms with E-state index >= 15 is 0 Å². The highest BCUT2D eigenvalue weighted by Gasteiger charge is 2.33. The van der Waals surface area contributed by atoms with Crippen LogP contribution in [-0.2, 0) is 0 Å². The van der Waals surface area contributed by atoms with E-state index in [2.05, 4.69) is 194 Å². The van der Waals surface area contributed by atoms with Crippen LogP contribution in [0.3, 0.4) is 0 Å². The maximum Gasteiger partial charge on any atom is 0.163 e. The number of furan rings is 1. The van der Waals surface area contributed by atoms with Gasteiger partial charge in [0.25, 0.3) is 0 Å². The topological polar surface area (TPSA) is 51.8 Å². The number of hydrogen-bond donors (Lipinski definition) is 0. The Kier molecular flexibility index (Phi) is 7.63. The Bertz CT molecular complexity index is 3490. The van der Waals surface area contributed by atoms with Crippen LogP contribution in [0.4, 0.5) is 0 Å². The first-order valence-electron chi connectivity index (χ1n) is 20.2. The summed E-state index contributed by atoms with van der Waals surface area (Å²) in [6.07, 6.45) is 3.01. The molecule has 0 amide bonds. The second-order valence-corrected chi connectivity index (χ2v) is 15.6. The third-order valence-electron chi connectivity index (χ3n) is 12.0. The quantitative estimate of drug-likeness (QED) is 0.176. The number of hydrogen-bond acceptors (Lipinski definition) is 4. The normalized spacial score (nSPS) is 14.0. The van der Waals surface area contributed by atoms with Crippen LogP contribution in [-0.4, -0.2) is 15.0 Å². The van der Waals surface area contributed by atoms with Crippen molar-refractivity contribution in [3.05, 3.63) is 211 Å². The molecule has 0 fully saturated rings. The van der Waals surface area contributed by atoms with Crippen molar-refractivity contribution in [2.24, 2.45) is 0 Å². The third kappa shape index (κ3) is 5.80. The first-order valence-corrected chi connectivity index (χ1v) is 20.2. The van der Waals surface area contributed by atoms with Gasteiger partial charge in [0.15, 0.2) is 11.6 Å². The van der Waals surface area contributed by atoms with Gasteiger partial charge in [-0.15, -0.1) is 0 Å². The predicted molar refractivity (Wildman–Crippen MR) is 243 cm³/mol. The summed E-state index contributed by atoms with van der Waals surface area (Å²) in [5.74, 6) is 2.58. The maximum absolute atomic E-state index is 6.93. The van der Waals surface area contributed by atoms with Gasteiger partial charge < -0.3 is 4.42 Å². The lowest BCUT2D eigenvalue weighted by molar-refractivity contribution is 0.508. The van der Waals surface area contributed by atoms with Gasteiger partial charge in [-0.3, -0.25) is 0 Å². The van der Waals surface area contributed by atoms with Crippen molar-refractivity contribution in [1.82, 2.24) is 15.0 Å². The molecule has 1 aliphatic carbocycles. The number of aromatic nitrogens is 3. The highest BCUT2D eigenvalue weighted by molar-refractivity contribution is 6.12. The molecule has 0 radical (unpaired) electrons. The molecule has 276 valence electrons. The van der Waals surface area contributed by atoms with Crippen molar-refractivity contribution in [3.63, 3.8) is 0 Å². The Morgan fingerprint density at radius 1 is 0.407 bits per heavy atom. The Morgan fingerprint density at radius 3 is 1.61 bits per heavy atom. The summed E-state index contributed by atoms with van der Waals surface area (Å²) in [6, 6.07) is 66.7. The van der Waals surface area contributed by atoms with Gasteiger partial charge in [-0.2, -0.15) is 0 Å². The fourth-order valence-corrected chi connectivity index (χ4v) is 8.99. The summed E-state index contributed by atoms with van der Waals surface area (Å²) >= 11 is 0. The second kappa shape index (κ2) is 13.5. The smallest absolute Gasteiger partial charge is 0.163 e. The van der Waals surface area contributed by atoms with Crippen molar-refractivity contribution in [2.75, 3.05) is 0 Å². The molecular weight excluding hydrogens is 719 g/mol. The van der Waals surface area contributed by atoms with E-state index in [0.29, 0.717) is 23.9 Å². The predicted octanol–water partition coefficient (Wildman–Crippen LogP) is 14.3. The Labute approximate surface area is 340 Å². The van der Waals surface area contributed by atoms with Crippen molar-refractivity contribution >= 4 is 65.7 Å². The molecule has 2 aromatic heterocycles. The zero-order valence-electron chi connectivity index (χ0n) is 32.0. The number of fused-ring (bicyclic) bond motifs is 8. The maximum atomic E-state index is 6.93. The van der Waals surface area contributed by atoms with Gasteiger partial charge in [0.05, 0.1) is 5.92 Å². The average molecular weight is 754 g/mol. The molecule has 12 rings (SSSR count). The van der Waals surface area contributed by atoms with Crippen molar-refractivity contribution in [3.8, 4) is 33.9 Å². The molecule has 0 spiro atoms. The van der Waals surface area contributed by atoms with Crippen molar-refractivity contribution in [1.29, 1.82) is 0 Å². The van der Waals surface area contributed by atoms with E-state index in [-0.39, 0.29) is 5.92 Å². The van der Waals surface area contributed by atoms with Gasteiger partial charge >= 0.3 is 0 Å². The van der Waals surface area contributed by atoms with E-state index in [4.69, 9.17) is 19.4 Å². The highest BCUT2D eigenvalue weighted by Crippen LogP contribution is 2.47. The number of benzene rings is 9. The van der Waals surface area contributed by atoms with Gasteiger partial charge in [0.1, 0.15) is 17.2 Å². The van der Waals surface area contributed by atoms with Crippen LogP contribution in [0.15, 0.2) is 192 Å². The summed E-state index contributed by atoms with van der Waals surface area (Å²) in [5, 5.41) is 10.5. The van der Waals surface area contributed by atoms with Crippen LogP contribution in [0.1, 0.15) is 35.1 Å². The largest absolute Gasteiger partial charge is 0.460 e. The molecule has 1 atom stereocenters. The monoisotopic (exact) mass is 753 g/mol. The zero-order valence-corrected chi connectivity index (χ0v) is 32.0. The minimum atomic E-state index is -0.266. The first kappa shape index (κ1) is 33.4. The number of rotatable bonds is 5. The molecule has 4 heteroatoms. The Hall–Kier alpha value is -7.69. The zero-order chi connectivity index (χ0) is 38.9. The standard InChI is InChI=1S/C55H35N3O/c1-2-10-34(11-3-1)40-21-22-42-31-45(25-23-41(42)29-40)54-56-53(44-24-19-36-13-5-7-16-39(36)30-44)57-55(58-54)49-33-46(43-20-18-35-12-4-6-15-38(35)28-43)32-48-51-47-17-9-8-14-37(47)26-27-50(51)59-52(48)49/h1-32,49H,33H2. The second-order valence-electron chi connectivity index (χ2n) is 15.6. The fraction of sp³-hybridized carbons (Fsp3) is 0.0364. The molecule has 2 heterocycles. The number of nitrogens with zero attached hydrogens (tertiary/aromatic N) is 3. The van der Waals surface area contributed by atoms with Gasteiger partial charge in [-0.05, 0) is 108 Å². The number of allylic oxidation sites excluding steroid dienone is 1. The fourth-order valence-electron chi connectivity index (χ4n) is 8.99. The van der Waals surface area contributed by atoms with Crippen molar-refractivity contribution < 1.29 is 4.42 Å². The summed E-state index contributed by atoms with van der Waals surface area (Å²) in [6.45, 7) is 0. The van der Waals surface area contributed by atoms with E-state index in [1.165, 1.54) is 49.2 Å². The van der Waals surface area contributed by atoms with Crippen LogP contribution in [0.25, 0.3) is 99.6 Å². The lowest BCUT2D eigenvalue weighted by atomic mass is 9.83. The van der Waals surface area contributed by atoms with Gasteiger partial charge in [-0.25, -0.2) is 15.0 Å². The molecule has 11 aromatic rings. The van der Waals surface area contributed by atoms with Gasteiger partial charge in [0.2, 0.25) is 0 Å². The molecule has 4 nitrogen and oxygen atoms in total. The first-order chi connectivity index (χ1) is 29.2. The van der Waals surface area contributed by atoms with Crippen molar-refractivity contribution in [2.45, 2.75) is 12.3 Å². The molecule has 0 N–H and O–H groups in total. The molecular formula is C55H35N3O. The van der Waals surface area contributed by atoms with E-state index in [0.717, 1.165) is 49.6 Å².